The number of fused-ring (bicyclic) bond motifs is 3. The molecular formula is C20H22FN3O. The van der Waals surface area contributed by atoms with E-state index in [1.807, 2.05) is 12.1 Å². The van der Waals surface area contributed by atoms with Crippen molar-refractivity contribution in [2.45, 2.75) is 62.9 Å². The summed E-state index contributed by atoms with van der Waals surface area (Å²) in [6.45, 7) is 0. The molecule has 1 unspecified atom stereocenters. The molecule has 5 rings (SSSR count). The maximum Gasteiger partial charge on any atom is 0.275 e. The summed E-state index contributed by atoms with van der Waals surface area (Å²) >= 11 is 0. The molecule has 4 nitrogen and oxygen atoms in total. The topological polar surface area (TPSA) is 49.0 Å². The average molecular weight is 339 g/mol. The van der Waals surface area contributed by atoms with Crippen LogP contribution in [0, 0.1) is 5.82 Å². The molecule has 1 N–H and O–H groups in total. The van der Waals surface area contributed by atoms with E-state index >= 15 is 0 Å². The van der Waals surface area contributed by atoms with Crippen LogP contribution >= 0.6 is 0 Å². The van der Waals surface area contributed by atoms with Crippen LogP contribution in [0.15, 0.2) is 24.3 Å². The number of carbonyl (C=O) groups excluding carboxylic acids is 1. The number of hydrogen-bond acceptors (Lipinski definition) is 2. The van der Waals surface area contributed by atoms with Crippen molar-refractivity contribution in [2.75, 3.05) is 0 Å². The molecule has 5 heteroatoms. The van der Waals surface area contributed by atoms with E-state index in [0.717, 1.165) is 56.2 Å². The van der Waals surface area contributed by atoms with Gasteiger partial charge in [0.1, 0.15) is 5.82 Å². The molecule has 130 valence electrons. The highest BCUT2D eigenvalue weighted by Crippen LogP contribution is 2.44. The van der Waals surface area contributed by atoms with Gasteiger partial charge in [-0.05, 0) is 68.6 Å². The normalized spacial score (nSPS) is 27.6. The second-order valence-electron chi connectivity index (χ2n) is 7.70. The van der Waals surface area contributed by atoms with E-state index in [0.29, 0.717) is 11.6 Å². The van der Waals surface area contributed by atoms with E-state index in [4.69, 9.17) is 0 Å². The number of aromatic nitrogens is 2. The first-order chi connectivity index (χ1) is 12.2. The number of piperidine rings is 1. The summed E-state index contributed by atoms with van der Waals surface area (Å²) in [5.74, 6) is 0.350. The quantitative estimate of drug-likeness (QED) is 0.909. The summed E-state index contributed by atoms with van der Waals surface area (Å²) in [6.07, 6.45) is 7.18. The zero-order valence-electron chi connectivity index (χ0n) is 14.2. The van der Waals surface area contributed by atoms with E-state index in [-0.39, 0.29) is 23.8 Å². The molecule has 3 heterocycles. The number of rotatable bonds is 2. The second-order valence-corrected chi connectivity index (χ2v) is 7.70. The summed E-state index contributed by atoms with van der Waals surface area (Å²) in [4.78, 5) is 15.3. The third kappa shape index (κ3) is 2.40. The number of aromatic amines is 1. The molecule has 2 saturated heterocycles. The molecule has 1 aromatic heterocycles. The first-order valence-corrected chi connectivity index (χ1v) is 9.35. The van der Waals surface area contributed by atoms with Gasteiger partial charge >= 0.3 is 0 Å². The zero-order chi connectivity index (χ0) is 17.0. The monoisotopic (exact) mass is 339 g/mol. The molecule has 2 aromatic rings. The maximum atomic E-state index is 13.2. The molecule has 3 aliphatic rings. The predicted octanol–water partition coefficient (Wildman–Crippen LogP) is 3.59. The molecule has 25 heavy (non-hydrogen) atoms. The highest BCUT2D eigenvalue weighted by atomic mass is 19.1. The standard InChI is InChI=1S/C20H22FN3O/c21-14-6-4-12(5-7-14)13-10-15-8-9-16(11-13)24(15)20(25)19-17-2-1-3-18(17)22-23-19/h4-7,13,15-16H,1-3,8-11H2,(H,22,23)/t13?,15-,16+. The van der Waals surface area contributed by atoms with Gasteiger partial charge in [-0.25, -0.2) is 4.39 Å². The minimum atomic E-state index is -0.188. The Hall–Kier alpha value is -2.17. The van der Waals surface area contributed by atoms with Gasteiger partial charge in [0.15, 0.2) is 5.69 Å². The fraction of sp³-hybridized carbons (Fsp3) is 0.500. The number of halogens is 1. The lowest BCUT2D eigenvalue weighted by Crippen LogP contribution is -2.46. The van der Waals surface area contributed by atoms with Gasteiger partial charge in [0.25, 0.3) is 5.91 Å². The summed E-state index contributed by atoms with van der Waals surface area (Å²) in [7, 11) is 0. The van der Waals surface area contributed by atoms with Crippen LogP contribution in [0.5, 0.6) is 0 Å². The molecular weight excluding hydrogens is 317 g/mol. The second kappa shape index (κ2) is 5.68. The average Bonchev–Trinajstić information content (AvgIpc) is 3.28. The van der Waals surface area contributed by atoms with E-state index in [9.17, 15) is 9.18 Å². The van der Waals surface area contributed by atoms with Crippen LogP contribution in [-0.2, 0) is 12.8 Å². The fourth-order valence-electron chi connectivity index (χ4n) is 5.13. The number of benzene rings is 1. The van der Waals surface area contributed by atoms with Gasteiger partial charge in [0, 0.05) is 23.3 Å². The number of aryl methyl sites for hydroxylation is 1. The van der Waals surface area contributed by atoms with Crippen LogP contribution in [-0.4, -0.2) is 33.1 Å². The van der Waals surface area contributed by atoms with Crippen molar-refractivity contribution >= 4 is 5.91 Å². The minimum absolute atomic E-state index is 0.115. The summed E-state index contributed by atoms with van der Waals surface area (Å²) in [6, 6.07) is 7.46. The van der Waals surface area contributed by atoms with Crippen LogP contribution in [0.1, 0.15) is 65.3 Å². The Morgan fingerprint density at radius 2 is 1.84 bits per heavy atom. The van der Waals surface area contributed by atoms with E-state index < -0.39 is 0 Å². The van der Waals surface area contributed by atoms with Crippen LogP contribution in [0.4, 0.5) is 4.39 Å². The zero-order valence-corrected chi connectivity index (χ0v) is 14.2. The van der Waals surface area contributed by atoms with Gasteiger partial charge in [-0.15, -0.1) is 0 Å². The highest BCUT2D eigenvalue weighted by Gasteiger charge is 2.45. The van der Waals surface area contributed by atoms with Crippen molar-refractivity contribution in [1.29, 1.82) is 0 Å². The molecule has 1 amide bonds. The van der Waals surface area contributed by atoms with Crippen LogP contribution in [0.2, 0.25) is 0 Å². The Morgan fingerprint density at radius 3 is 2.56 bits per heavy atom. The van der Waals surface area contributed by atoms with Crippen LogP contribution < -0.4 is 0 Å². The van der Waals surface area contributed by atoms with E-state index in [2.05, 4.69) is 15.1 Å². The van der Waals surface area contributed by atoms with E-state index in [1.165, 1.54) is 5.56 Å². The molecule has 0 saturated carbocycles. The number of amides is 1. The van der Waals surface area contributed by atoms with Crippen molar-refractivity contribution in [2.24, 2.45) is 0 Å². The number of nitrogens with zero attached hydrogens (tertiary/aromatic N) is 2. The predicted molar refractivity (Wildman–Crippen MR) is 92.0 cm³/mol. The number of nitrogens with one attached hydrogen (secondary N) is 1. The number of hydrogen-bond donors (Lipinski definition) is 1. The Balaban J connectivity index is 1.38. The Morgan fingerprint density at radius 1 is 1.12 bits per heavy atom. The Bertz CT molecular complexity index is 799. The van der Waals surface area contributed by atoms with Crippen LogP contribution in [0.25, 0.3) is 0 Å². The number of carbonyl (C=O) groups is 1. The van der Waals surface area contributed by atoms with Crippen molar-refractivity contribution in [3.63, 3.8) is 0 Å². The SMILES string of the molecule is O=C(c1n[nH]c2c1CCC2)N1[C@@H]2CC[C@H]1CC(c1ccc(F)cc1)C2. The van der Waals surface area contributed by atoms with Gasteiger partial charge in [0.2, 0.25) is 0 Å². The summed E-state index contributed by atoms with van der Waals surface area (Å²) < 4.78 is 13.2. The molecule has 0 spiro atoms. The maximum absolute atomic E-state index is 13.2. The molecule has 3 atom stereocenters. The Kier molecular flexibility index (Phi) is 3.43. The van der Waals surface area contributed by atoms with Crippen molar-refractivity contribution in [3.05, 3.63) is 52.6 Å². The number of H-pyrrole nitrogens is 1. The molecule has 1 aliphatic carbocycles. The molecule has 1 aromatic carbocycles. The lowest BCUT2D eigenvalue weighted by molar-refractivity contribution is 0.0564. The smallest absolute Gasteiger partial charge is 0.275 e. The largest absolute Gasteiger partial charge is 0.331 e. The van der Waals surface area contributed by atoms with Gasteiger partial charge in [-0.1, -0.05) is 12.1 Å². The van der Waals surface area contributed by atoms with Gasteiger partial charge in [-0.3, -0.25) is 9.89 Å². The van der Waals surface area contributed by atoms with Crippen LogP contribution in [0.3, 0.4) is 0 Å². The molecule has 2 aliphatic heterocycles. The first kappa shape index (κ1) is 15.1. The molecule has 2 fully saturated rings. The first-order valence-electron chi connectivity index (χ1n) is 9.35. The van der Waals surface area contributed by atoms with Crippen molar-refractivity contribution < 1.29 is 9.18 Å². The van der Waals surface area contributed by atoms with Gasteiger partial charge in [-0.2, -0.15) is 5.10 Å². The Labute approximate surface area is 146 Å². The summed E-state index contributed by atoms with van der Waals surface area (Å²) in [5.41, 5.74) is 4.15. The highest BCUT2D eigenvalue weighted by molar-refractivity contribution is 5.95. The van der Waals surface area contributed by atoms with Crippen molar-refractivity contribution in [1.82, 2.24) is 15.1 Å². The summed E-state index contributed by atoms with van der Waals surface area (Å²) in [5, 5.41) is 7.40. The minimum Gasteiger partial charge on any atom is -0.331 e. The van der Waals surface area contributed by atoms with Crippen molar-refractivity contribution in [3.8, 4) is 0 Å². The molecule has 2 bridgehead atoms. The third-order valence-corrected chi connectivity index (χ3v) is 6.32. The lowest BCUT2D eigenvalue weighted by Gasteiger charge is -2.39. The van der Waals surface area contributed by atoms with Gasteiger partial charge < -0.3 is 4.90 Å². The fourth-order valence-corrected chi connectivity index (χ4v) is 5.13. The molecule has 0 radical (unpaired) electrons. The third-order valence-electron chi connectivity index (χ3n) is 6.32. The van der Waals surface area contributed by atoms with E-state index in [1.54, 1.807) is 12.1 Å². The van der Waals surface area contributed by atoms with Gasteiger partial charge in [0.05, 0.1) is 0 Å². The lowest BCUT2D eigenvalue weighted by atomic mass is 9.85.